The molecule has 0 radical (unpaired) electrons. The molecule has 0 aromatic carbocycles. The highest BCUT2D eigenvalue weighted by Crippen LogP contribution is 2.46. The minimum atomic E-state index is -0.191. The van der Waals surface area contributed by atoms with Gasteiger partial charge in [0, 0.05) is 23.7 Å². The van der Waals surface area contributed by atoms with Crippen molar-refractivity contribution < 1.29 is 19.0 Å². The maximum absolute atomic E-state index is 12.7. The van der Waals surface area contributed by atoms with E-state index in [-0.39, 0.29) is 29.2 Å². The third-order valence-electron chi connectivity index (χ3n) is 7.78. The summed E-state index contributed by atoms with van der Waals surface area (Å²) in [6, 6.07) is 7.43. The zero-order chi connectivity index (χ0) is 24.8. The van der Waals surface area contributed by atoms with Gasteiger partial charge >= 0.3 is 0 Å². The number of hydrogen-bond acceptors (Lipinski definition) is 8. The van der Waals surface area contributed by atoms with Gasteiger partial charge in [-0.15, -0.1) is 0 Å². The van der Waals surface area contributed by atoms with E-state index in [0.29, 0.717) is 42.4 Å². The van der Waals surface area contributed by atoms with Gasteiger partial charge in [-0.25, -0.2) is 4.98 Å². The second-order valence-corrected chi connectivity index (χ2v) is 10.0. The molecule has 2 bridgehead atoms. The number of aromatic nitrogens is 3. The number of nitrogens with zero attached hydrogens (tertiary/aromatic N) is 2. The van der Waals surface area contributed by atoms with E-state index >= 15 is 0 Å². The Labute approximate surface area is 207 Å². The Bertz CT molecular complexity index is 1360. The number of pyridine rings is 3. The first-order valence-corrected chi connectivity index (χ1v) is 12.3. The molecule has 3 aliphatic heterocycles. The van der Waals surface area contributed by atoms with Crippen LogP contribution < -0.4 is 25.7 Å². The van der Waals surface area contributed by atoms with Gasteiger partial charge in [-0.2, -0.15) is 0 Å². The quantitative estimate of drug-likeness (QED) is 0.460. The fourth-order valence-electron chi connectivity index (χ4n) is 5.46. The van der Waals surface area contributed by atoms with E-state index in [9.17, 15) is 9.59 Å². The Morgan fingerprint density at radius 3 is 2.81 bits per heavy atom. The molecule has 1 amide bonds. The number of methoxy groups -OCH3 is 1. The molecule has 3 aromatic rings. The second-order valence-electron chi connectivity index (χ2n) is 10.0. The van der Waals surface area contributed by atoms with Crippen molar-refractivity contribution in [1.29, 1.82) is 0 Å². The Balaban J connectivity index is 1.07. The maximum atomic E-state index is 12.7. The van der Waals surface area contributed by atoms with Crippen LogP contribution in [0.4, 0.5) is 5.82 Å². The van der Waals surface area contributed by atoms with Crippen LogP contribution in [0, 0.1) is 0 Å². The number of nitrogens with one attached hydrogen (secondary N) is 3. The fraction of sp³-hybridized carbons (Fsp3) is 0.462. The molecule has 0 unspecified atom stereocenters. The summed E-state index contributed by atoms with van der Waals surface area (Å²) in [6.07, 6.45) is 7.02. The number of carbonyl (C=O) groups is 1. The van der Waals surface area contributed by atoms with Crippen molar-refractivity contribution in [3.8, 4) is 11.5 Å². The van der Waals surface area contributed by atoms with E-state index in [1.54, 1.807) is 19.4 Å². The number of carbonyl (C=O) groups excluding carboxylic acids is 1. The Morgan fingerprint density at radius 2 is 2.03 bits per heavy atom. The SMILES string of the molecule is COc1cnc2cc(CCC34CCC(NCc5ccc6c(n5)NC(=O)CO6)(CC3)CO4)c(=O)[nH]c2c1. The first-order valence-electron chi connectivity index (χ1n) is 12.3. The Morgan fingerprint density at radius 1 is 1.17 bits per heavy atom. The van der Waals surface area contributed by atoms with Crippen LogP contribution in [0.2, 0.25) is 0 Å². The summed E-state index contributed by atoms with van der Waals surface area (Å²) in [5.74, 6) is 1.50. The molecule has 3 aromatic heterocycles. The van der Waals surface area contributed by atoms with Crippen molar-refractivity contribution in [2.45, 2.75) is 56.2 Å². The summed E-state index contributed by atoms with van der Waals surface area (Å²) in [6.45, 7) is 1.24. The van der Waals surface area contributed by atoms with Gasteiger partial charge in [0.05, 0.1) is 42.2 Å². The fourth-order valence-corrected chi connectivity index (χ4v) is 5.46. The number of aryl methyl sites for hydroxylation is 1. The molecule has 188 valence electrons. The highest BCUT2D eigenvalue weighted by atomic mass is 16.5. The molecule has 36 heavy (non-hydrogen) atoms. The van der Waals surface area contributed by atoms with Crippen LogP contribution in [-0.4, -0.2) is 52.3 Å². The number of aromatic amines is 1. The Hall–Kier alpha value is -3.50. The van der Waals surface area contributed by atoms with Crippen LogP contribution in [0.15, 0.2) is 35.3 Å². The van der Waals surface area contributed by atoms with Crippen LogP contribution in [-0.2, 0) is 22.5 Å². The van der Waals surface area contributed by atoms with Crippen molar-refractivity contribution in [2.75, 3.05) is 25.6 Å². The molecule has 3 fully saturated rings. The topological polar surface area (TPSA) is 127 Å². The molecular formula is C26H29N5O5. The molecule has 10 heteroatoms. The molecule has 7 rings (SSSR count). The molecule has 10 nitrogen and oxygen atoms in total. The van der Waals surface area contributed by atoms with E-state index in [1.807, 2.05) is 18.2 Å². The first-order chi connectivity index (χ1) is 17.4. The number of anilines is 1. The normalized spacial score (nSPS) is 24.8. The summed E-state index contributed by atoms with van der Waals surface area (Å²) in [4.78, 5) is 36.1. The van der Waals surface area contributed by atoms with Crippen LogP contribution in [0.1, 0.15) is 43.4 Å². The lowest BCUT2D eigenvalue weighted by Gasteiger charge is -2.53. The summed E-state index contributed by atoms with van der Waals surface area (Å²) in [5.41, 5.74) is 2.64. The van der Waals surface area contributed by atoms with Gasteiger partial charge in [-0.05, 0) is 56.7 Å². The van der Waals surface area contributed by atoms with Crippen molar-refractivity contribution in [1.82, 2.24) is 20.3 Å². The van der Waals surface area contributed by atoms with Crippen LogP contribution in [0.25, 0.3) is 11.0 Å². The van der Waals surface area contributed by atoms with E-state index in [2.05, 4.69) is 25.6 Å². The van der Waals surface area contributed by atoms with Crippen LogP contribution in [0.3, 0.4) is 0 Å². The minimum absolute atomic E-state index is 0.0237. The summed E-state index contributed by atoms with van der Waals surface area (Å²) in [5, 5.41) is 6.43. The standard InChI is InChI=1S/C26H29N5O5/c1-34-18-11-20-19(27-13-18)10-16(24(33)30-20)4-5-26-8-6-25(7-9-26,15-36-26)28-12-17-2-3-21-23(29-17)31-22(32)14-35-21/h2-3,10-11,13,28H,4-9,12,14-15H2,1H3,(H,30,33)(H,29,31,32). The van der Waals surface area contributed by atoms with E-state index in [1.165, 1.54) is 0 Å². The largest absolute Gasteiger partial charge is 0.495 e. The number of amides is 1. The van der Waals surface area contributed by atoms with Gasteiger partial charge in [0.2, 0.25) is 0 Å². The molecular weight excluding hydrogens is 462 g/mol. The number of H-pyrrole nitrogens is 1. The highest BCUT2D eigenvalue weighted by Gasteiger charge is 2.49. The lowest BCUT2D eigenvalue weighted by atomic mass is 9.69. The predicted molar refractivity (Wildman–Crippen MR) is 132 cm³/mol. The van der Waals surface area contributed by atoms with Gasteiger partial charge in [0.25, 0.3) is 11.5 Å². The average Bonchev–Trinajstić information content (AvgIpc) is 2.91. The molecule has 0 spiro atoms. The molecule has 0 atom stereocenters. The number of fused-ring (bicyclic) bond motifs is 5. The lowest BCUT2D eigenvalue weighted by Crippen LogP contribution is -2.61. The molecule has 6 heterocycles. The van der Waals surface area contributed by atoms with E-state index in [0.717, 1.165) is 48.9 Å². The predicted octanol–water partition coefficient (Wildman–Crippen LogP) is 2.46. The van der Waals surface area contributed by atoms with Gasteiger partial charge in [0.1, 0.15) is 5.75 Å². The molecule has 1 saturated carbocycles. The molecule has 2 saturated heterocycles. The zero-order valence-electron chi connectivity index (χ0n) is 20.2. The van der Waals surface area contributed by atoms with Crippen molar-refractivity contribution in [2.24, 2.45) is 0 Å². The highest BCUT2D eigenvalue weighted by molar-refractivity contribution is 5.94. The van der Waals surface area contributed by atoms with Gasteiger partial charge < -0.3 is 29.8 Å². The van der Waals surface area contributed by atoms with Gasteiger partial charge in [-0.1, -0.05) is 0 Å². The number of ether oxygens (including phenoxy) is 3. The first kappa shape index (κ1) is 22.9. The zero-order valence-corrected chi connectivity index (χ0v) is 20.2. The summed E-state index contributed by atoms with van der Waals surface area (Å²) in [7, 11) is 1.58. The minimum Gasteiger partial charge on any atom is -0.495 e. The van der Waals surface area contributed by atoms with Gasteiger partial charge in [0.15, 0.2) is 18.2 Å². The summed E-state index contributed by atoms with van der Waals surface area (Å²) >= 11 is 0. The van der Waals surface area contributed by atoms with Crippen molar-refractivity contribution in [3.63, 3.8) is 0 Å². The monoisotopic (exact) mass is 491 g/mol. The smallest absolute Gasteiger partial charge is 0.263 e. The van der Waals surface area contributed by atoms with E-state index in [4.69, 9.17) is 14.2 Å². The number of rotatable bonds is 7. The number of hydrogen-bond donors (Lipinski definition) is 3. The maximum Gasteiger partial charge on any atom is 0.263 e. The molecule has 1 aliphatic carbocycles. The van der Waals surface area contributed by atoms with Crippen molar-refractivity contribution >= 4 is 22.8 Å². The Kier molecular flexibility index (Phi) is 5.65. The summed E-state index contributed by atoms with van der Waals surface area (Å²) < 4.78 is 17.0. The molecule has 3 N–H and O–H groups in total. The molecule has 4 aliphatic rings. The third-order valence-corrected chi connectivity index (χ3v) is 7.78. The lowest BCUT2D eigenvalue weighted by molar-refractivity contribution is -0.165. The van der Waals surface area contributed by atoms with Gasteiger partial charge in [-0.3, -0.25) is 14.6 Å². The van der Waals surface area contributed by atoms with Crippen LogP contribution in [0.5, 0.6) is 11.5 Å². The second kappa shape index (κ2) is 8.86. The average molecular weight is 492 g/mol. The van der Waals surface area contributed by atoms with Crippen molar-refractivity contribution in [3.05, 3.63) is 52.1 Å². The third kappa shape index (κ3) is 4.31. The van der Waals surface area contributed by atoms with E-state index < -0.39 is 0 Å². The van der Waals surface area contributed by atoms with Crippen LogP contribution >= 0.6 is 0 Å².